The van der Waals surface area contributed by atoms with Crippen molar-refractivity contribution in [2.75, 3.05) is 0 Å². The summed E-state index contributed by atoms with van der Waals surface area (Å²) in [5.41, 5.74) is 8.86. The van der Waals surface area contributed by atoms with E-state index >= 15 is 0 Å². The first-order chi connectivity index (χ1) is 5.59. The summed E-state index contributed by atoms with van der Waals surface area (Å²) >= 11 is 0. The van der Waals surface area contributed by atoms with Gasteiger partial charge in [-0.25, -0.2) is 4.99 Å². The van der Waals surface area contributed by atoms with Gasteiger partial charge in [0.25, 0.3) is 0 Å². The Balaban J connectivity index is 3.10. The predicted octanol–water partition coefficient (Wildman–Crippen LogP) is 2.31. The van der Waals surface area contributed by atoms with E-state index in [9.17, 15) is 0 Å². The first-order valence-corrected chi connectivity index (χ1v) is 3.97. The highest BCUT2D eigenvalue weighted by Crippen LogP contribution is 2.18. The summed E-state index contributed by atoms with van der Waals surface area (Å²) in [6, 6.07) is 6.12. The third-order valence-electron chi connectivity index (χ3n) is 1.65. The largest absolute Gasteiger partial charge is 0.387 e. The van der Waals surface area contributed by atoms with Crippen molar-refractivity contribution in [2.45, 2.75) is 20.8 Å². The Labute approximate surface area is 73.1 Å². The molecule has 0 aliphatic carbocycles. The van der Waals surface area contributed by atoms with E-state index in [0.29, 0.717) is 5.84 Å². The van der Waals surface area contributed by atoms with Crippen LogP contribution in [0.2, 0.25) is 0 Å². The van der Waals surface area contributed by atoms with Crippen molar-refractivity contribution in [3.05, 3.63) is 29.3 Å². The van der Waals surface area contributed by atoms with E-state index in [0.717, 1.165) is 5.69 Å². The minimum Gasteiger partial charge on any atom is -0.387 e. The van der Waals surface area contributed by atoms with Gasteiger partial charge in [0.1, 0.15) is 0 Å². The van der Waals surface area contributed by atoms with Crippen molar-refractivity contribution in [3.8, 4) is 0 Å². The molecule has 1 rings (SSSR count). The lowest BCUT2D eigenvalue weighted by Gasteiger charge is -2.01. The van der Waals surface area contributed by atoms with Gasteiger partial charge in [-0.2, -0.15) is 0 Å². The van der Waals surface area contributed by atoms with Crippen LogP contribution in [0.4, 0.5) is 5.69 Å². The van der Waals surface area contributed by atoms with E-state index in [1.807, 2.05) is 19.1 Å². The van der Waals surface area contributed by atoms with Crippen LogP contribution in [0.3, 0.4) is 0 Å². The Morgan fingerprint density at radius 3 is 2.50 bits per heavy atom. The molecule has 0 atom stereocenters. The number of aliphatic imine (C=N–C) groups is 1. The normalized spacial score (nSPS) is 11.8. The second-order valence-electron chi connectivity index (χ2n) is 3.04. The molecule has 0 saturated heterocycles. The quantitative estimate of drug-likeness (QED) is 0.499. The first-order valence-electron chi connectivity index (χ1n) is 3.97. The molecule has 0 saturated carbocycles. The van der Waals surface area contributed by atoms with Crippen LogP contribution < -0.4 is 5.73 Å². The maximum atomic E-state index is 5.48. The van der Waals surface area contributed by atoms with Crippen LogP contribution in [0.1, 0.15) is 18.1 Å². The zero-order valence-electron chi connectivity index (χ0n) is 7.76. The summed E-state index contributed by atoms with van der Waals surface area (Å²) in [5, 5.41) is 0. The highest BCUT2D eigenvalue weighted by atomic mass is 14.8. The van der Waals surface area contributed by atoms with Crippen LogP contribution in [0.25, 0.3) is 0 Å². The van der Waals surface area contributed by atoms with E-state index in [1.165, 1.54) is 11.1 Å². The van der Waals surface area contributed by atoms with Crippen molar-refractivity contribution in [3.63, 3.8) is 0 Å². The molecule has 0 heterocycles. The molecule has 0 fully saturated rings. The topological polar surface area (TPSA) is 38.4 Å². The van der Waals surface area contributed by atoms with Gasteiger partial charge in [-0.3, -0.25) is 0 Å². The molecule has 2 N–H and O–H groups in total. The zero-order chi connectivity index (χ0) is 9.14. The molecular weight excluding hydrogens is 148 g/mol. The van der Waals surface area contributed by atoms with E-state index in [-0.39, 0.29) is 0 Å². The highest BCUT2D eigenvalue weighted by molar-refractivity contribution is 5.81. The molecule has 0 aliphatic rings. The molecule has 0 aromatic heterocycles. The van der Waals surface area contributed by atoms with Crippen LogP contribution >= 0.6 is 0 Å². The summed E-state index contributed by atoms with van der Waals surface area (Å²) in [6.07, 6.45) is 0. The van der Waals surface area contributed by atoms with Crippen LogP contribution in [0, 0.1) is 13.8 Å². The van der Waals surface area contributed by atoms with Gasteiger partial charge in [-0.05, 0) is 32.4 Å². The summed E-state index contributed by atoms with van der Waals surface area (Å²) in [5.74, 6) is 0.599. The summed E-state index contributed by atoms with van der Waals surface area (Å²) in [7, 11) is 0. The number of hydrogen-bond acceptors (Lipinski definition) is 1. The van der Waals surface area contributed by atoms with Crippen molar-refractivity contribution in [1.29, 1.82) is 0 Å². The van der Waals surface area contributed by atoms with Crippen molar-refractivity contribution in [2.24, 2.45) is 10.7 Å². The second-order valence-corrected chi connectivity index (χ2v) is 3.04. The molecule has 0 unspecified atom stereocenters. The maximum absolute atomic E-state index is 5.48. The van der Waals surface area contributed by atoms with Gasteiger partial charge in [0.15, 0.2) is 0 Å². The predicted molar refractivity (Wildman–Crippen MR) is 52.9 cm³/mol. The Bertz CT molecular complexity index is 310. The smallest absolute Gasteiger partial charge is 0.0965 e. The molecule has 2 heteroatoms. The molecule has 0 bridgehead atoms. The number of nitrogens with two attached hydrogens (primary N) is 1. The number of hydrogen-bond donors (Lipinski definition) is 1. The number of benzene rings is 1. The lowest BCUT2D eigenvalue weighted by molar-refractivity contribution is 1.33. The Kier molecular flexibility index (Phi) is 2.48. The van der Waals surface area contributed by atoms with Crippen LogP contribution in [0.15, 0.2) is 23.2 Å². The van der Waals surface area contributed by atoms with Gasteiger partial charge >= 0.3 is 0 Å². The summed E-state index contributed by atoms with van der Waals surface area (Å²) in [6.45, 7) is 5.89. The fraction of sp³-hybridized carbons (Fsp3) is 0.300. The van der Waals surface area contributed by atoms with E-state index < -0.39 is 0 Å². The first kappa shape index (κ1) is 8.78. The molecule has 1 aromatic rings. The van der Waals surface area contributed by atoms with Crippen LogP contribution in [0.5, 0.6) is 0 Å². The van der Waals surface area contributed by atoms with Gasteiger partial charge in [-0.1, -0.05) is 17.7 Å². The Hall–Kier alpha value is -1.31. The molecule has 0 amide bonds. The van der Waals surface area contributed by atoms with Gasteiger partial charge in [0.2, 0.25) is 0 Å². The molecule has 0 radical (unpaired) electrons. The molecule has 0 aliphatic heterocycles. The minimum absolute atomic E-state index is 0.599. The van der Waals surface area contributed by atoms with E-state index in [1.54, 1.807) is 6.92 Å². The van der Waals surface area contributed by atoms with Crippen molar-refractivity contribution >= 4 is 11.5 Å². The monoisotopic (exact) mass is 162 g/mol. The average molecular weight is 162 g/mol. The SMILES string of the molecule is C/C(N)=N\c1ccc(C)cc1C. The number of amidine groups is 1. The maximum Gasteiger partial charge on any atom is 0.0965 e. The standard InChI is InChI=1S/C10H14N2/c1-7-4-5-10(8(2)6-7)12-9(3)11/h4-6H,1-3H3,(H2,11,12). The van der Waals surface area contributed by atoms with Crippen LogP contribution in [-0.2, 0) is 0 Å². The number of aryl methyl sites for hydroxylation is 2. The van der Waals surface area contributed by atoms with E-state index in [4.69, 9.17) is 5.73 Å². The molecule has 12 heavy (non-hydrogen) atoms. The third kappa shape index (κ3) is 2.09. The van der Waals surface area contributed by atoms with E-state index in [2.05, 4.69) is 18.0 Å². The molecule has 1 aromatic carbocycles. The van der Waals surface area contributed by atoms with Gasteiger partial charge in [0, 0.05) is 0 Å². The van der Waals surface area contributed by atoms with Gasteiger partial charge in [-0.15, -0.1) is 0 Å². The average Bonchev–Trinajstić information content (AvgIpc) is 1.94. The summed E-state index contributed by atoms with van der Waals surface area (Å²) in [4.78, 5) is 4.19. The number of nitrogens with zero attached hydrogens (tertiary/aromatic N) is 1. The van der Waals surface area contributed by atoms with Gasteiger partial charge < -0.3 is 5.73 Å². The fourth-order valence-electron chi connectivity index (χ4n) is 1.12. The fourth-order valence-corrected chi connectivity index (χ4v) is 1.12. The zero-order valence-corrected chi connectivity index (χ0v) is 7.76. The van der Waals surface area contributed by atoms with Crippen molar-refractivity contribution in [1.82, 2.24) is 0 Å². The van der Waals surface area contributed by atoms with Crippen LogP contribution in [-0.4, -0.2) is 5.84 Å². The number of rotatable bonds is 1. The van der Waals surface area contributed by atoms with Gasteiger partial charge in [0.05, 0.1) is 11.5 Å². The third-order valence-corrected chi connectivity index (χ3v) is 1.65. The molecule has 64 valence electrons. The molecule has 0 spiro atoms. The Morgan fingerprint density at radius 1 is 1.33 bits per heavy atom. The minimum atomic E-state index is 0.599. The molecular formula is C10H14N2. The highest BCUT2D eigenvalue weighted by Gasteiger charge is 1.95. The lowest BCUT2D eigenvalue weighted by Crippen LogP contribution is -2.04. The second kappa shape index (κ2) is 3.39. The Morgan fingerprint density at radius 2 is 2.00 bits per heavy atom. The van der Waals surface area contributed by atoms with Crippen molar-refractivity contribution < 1.29 is 0 Å². The summed E-state index contributed by atoms with van der Waals surface area (Å²) < 4.78 is 0. The lowest BCUT2D eigenvalue weighted by atomic mass is 10.1. The molecule has 2 nitrogen and oxygen atoms in total.